The average molecular weight is 290 g/mol. The highest BCUT2D eigenvalue weighted by atomic mass is 16.7. The number of ether oxygens (including phenoxy) is 2. The molecule has 118 valence electrons. The predicted octanol–water partition coefficient (Wildman–Crippen LogP) is 5.48. The fraction of sp³-hybridized carbons (Fsp3) is 0.579. The highest BCUT2D eigenvalue weighted by Gasteiger charge is 2.04. The van der Waals surface area contributed by atoms with Gasteiger partial charge in [0.25, 0.3) is 0 Å². The SMILES string of the molecule is C/C=C\[C@H](CCCCCCC)OCOCc1ccccc1. The predicted molar refractivity (Wildman–Crippen MR) is 89.2 cm³/mol. The van der Waals surface area contributed by atoms with Gasteiger partial charge in [-0.05, 0) is 18.9 Å². The Kier molecular flexibility index (Phi) is 10.8. The van der Waals surface area contributed by atoms with Gasteiger partial charge in [-0.3, -0.25) is 0 Å². The van der Waals surface area contributed by atoms with E-state index < -0.39 is 0 Å². The summed E-state index contributed by atoms with van der Waals surface area (Å²) in [6, 6.07) is 10.2. The van der Waals surface area contributed by atoms with Gasteiger partial charge in [0.05, 0.1) is 12.7 Å². The number of benzene rings is 1. The van der Waals surface area contributed by atoms with E-state index >= 15 is 0 Å². The van der Waals surface area contributed by atoms with Gasteiger partial charge in [0.15, 0.2) is 0 Å². The molecule has 0 saturated carbocycles. The molecule has 0 N–H and O–H groups in total. The molecule has 0 radical (unpaired) electrons. The average Bonchev–Trinajstić information content (AvgIpc) is 2.52. The molecule has 1 rings (SSSR count). The Morgan fingerprint density at radius 1 is 1.05 bits per heavy atom. The van der Waals surface area contributed by atoms with E-state index in [1.807, 2.05) is 25.1 Å². The van der Waals surface area contributed by atoms with Gasteiger partial charge < -0.3 is 9.47 Å². The molecule has 0 fully saturated rings. The first-order valence-corrected chi connectivity index (χ1v) is 8.23. The van der Waals surface area contributed by atoms with Crippen molar-refractivity contribution in [2.75, 3.05) is 6.79 Å². The van der Waals surface area contributed by atoms with E-state index in [0.717, 1.165) is 6.42 Å². The standard InChI is InChI=1S/C19H30O2/c1-3-5-6-7-11-15-19(12-4-2)21-17-20-16-18-13-9-8-10-14-18/h4,8-10,12-14,19H,3,5-7,11,15-17H2,1-2H3/b12-4-/t19-/m1/s1. The lowest BCUT2D eigenvalue weighted by molar-refractivity contribution is -0.0843. The summed E-state index contributed by atoms with van der Waals surface area (Å²) < 4.78 is 11.4. The molecule has 1 atom stereocenters. The minimum absolute atomic E-state index is 0.187. The third-order valence-corrected chi connectivity index (χ3v) is 3.48. The van der Waals surface area contributed by atoms with Crippen molar-refractivity contribution in [2.24, 2.45) is 0 Å². The number of unbranched alkanes of at least 4 members (excludes halogenated alkanes) is 4. The second kappa shape index (κ2) is 12.6. The molecule has 21 heavy (non-hydrogen) atoms. The van der Waals surface area contributed by atoms with Crippen LogP contribution < -0.4 is 0 Å². The Hall–Kier alpha value is -1.12. The molecular weight excluding hydrogens is 260 g/mol. The fourth-order valence-corrected chi connectivity index (χ4v) is 2.27. The lowest BCUT2D eigenvalue weighted by Gasteiger charge is -2.14. The van der Waals surface area contributed by atoms with Gasteiger partial charge in [0.1, 0.15) is 6.79 Å². The van der Waals surface area contributed by atoms with Crippen molar-refractivity contribution in [1.82, 2.24) is 0 Å². The van der Waals surface area contributed by atoms with Crippen LogP contribution in [-0.4, -0.2) is 12.9 Å². The van der Waals surface area contributed by atoms with E-state index in [2.05, 4.69) is 31.2 Å². The molecule has 0 heterocycles. The maximum atomic E-state index is 5.80. The Morgan fingerprint density at radius 2 is 1.81 bits per heavy atom. The van der Waals surface area contributed by atoms with E-state index in [-0.39, 0.29) is 6.10 Å². The van der Waals surface area contributed by atoms with E-state index in [1.54, 1.807) is 0 Å². The zero-order valence-corrected chi connectivity index (χ0v) is 13.6. The first-order chi connectivity index (χ1) is 10.4. The number of rotatable bonds is 12. The van der Waals surface area contributed by atoms with Crippen LogP contribution in [0.2, 0.25) is 0 Å². The summed E-state index contributed by atoms with van der Waals surface area (Å²) in [5.74, 6) is 0. The molecule has 0 aliphatic rings. The first-order valence-electron chi connectivity index (χ1n) is 8.23. The molecule has 0 spiro atoms. The summed E-state index contributed by atoms with van der Waals surface area (Å²) in [6.07, 6.45) is 12.0. The summed E-state index contributed by atoms with van der Waals surface area (Å²) in [5, 5.41) is 0. The molecule has 0 aromatic heterocycles. The molecule has 0 amide bonds. The third-order valence-electron chi connectivity index (χ3n) is 3.48. The Labute approximate surface area is 130 Å². The van der Waals surface area contributed by atoms with Crippen LogP contribution in [0.25, 0.3) is 0 Å². The molecule has 1 aromatic rings. The van der Waals surface area contributed by atoms with E-state index in [0.29, 0.717) is 13.4 Å². The molecule has 2 heteroatoms. The monoisotopic (exact) mass is 290 g/mol. The molecular formula is C19H30O2. The van der Waals surface area contributed by atoms with Crippen molar-refractivity contribution in [1.29, 1.82) is 0 Å². The van der Waals surface area contributed by atoms with Crippen molar-refractivity contribution in [3.05, 3.63) is 48.0 Å². The Bertz CT molecular complexity index is 359. The number of allylic oxidation sites excluding steroid dienone is 1. The number of hydrogen-bond donors (Lipinski definition) is 0. The van der Waals surface area contributed by atoms with Crippen LogP contribution in [0.5, 0.6) is 0 Å². The van der Waals surface area contributed by atoms with Crippen LogP contribution in [0.3, 0.4) is 0 Å². The van der Waals surface area contributed by atoms with Gasteiger partial charge >= 0.3 is 0 Å². The normalized spacial score (nSPS) is 12.9. The number of hydrogen-bond acceptors (Lipinski definition) is 2. The zero-order valence-electron chi connectivity index (χ0n) is 13.6. The van der Waals surface area contributed by atoms with Gasteiger partial charge in [0, 0.05) is 0 Å². The molecule has 0 aliphatic carbocycles. The summed E-state index contributed by atoms with van der Waals surface area (Å²) in [4.78, 5) is 0. The summed E-state index contributed by atoms with van der Waals surface area (Å²) in [7, 11) is 0. The lowest BCUT2D eigenvalue weighted by Crippen LogP contribution is -2.12. The van der Waals surface area contributed by atoms with E-state index in [4.69, 9.17) is 9.47 Å². The molecule has 0 bridgehead atoms. The van der Waals surface area contributed by atoms with Gasteiger partial charge in [-0.2, -0.15) is 0 Å². The van der Waals surface area contributed by atoms with Crippen LogP contribution in [0.1, 0.15) is 57.9 Å². The molecule has 1 aromatic carbocycles. The topological polar surface area (TPSA) is 18.5 Å². The lowest BCUT2D eigenvalue weighted by atomic mass is 10.1. The Morgan fingerprint density at radius 3 is 2.52 bits per heavy atom. The summed E-state index contributed by atoms with van der Waals surface area (Å²) >= 11 is 0. The molecule has 0 unspecified atom stereocenters. The minimum atomic E-state index is 0.187. The molecule has 0 saturated heterocycles. The Balaban J connectivity index is 2.12. The maximum absolute atomic E-state index is 5.80. The zero-order chi connectivity index (χ0) is 15.2. The third kappa shape index (κ3) is 9.43. The molecule has 0 aliphatic heterocycles. The molecule has 2 nitrogen and oxygen atoms in total. The highest BCUT2D eigenvalue weighted by Crippen LogP contribution is 2.11. The van der Waals surface area contributed by atoms with Crippen molar-refractivity contribution in [3.8, 4) is 0 Å². The highest BCUT2D eigenvalue weighted by molar-refractivity contribution is 5.13. The maximum Gasteiger partial charge on any atom is 0.147 e. The van der Waals surface area contributed by atoms with Crippen molar-refractivity contribution in [3.63, 3.8) is 0 Å². The van der Waals surface area contributed by atoms with E-state index in [1.165, 1.54) is 37.7 Å². The van der Waals surface area contributed by atoms with E-state index in [9.17, 15) is 0 Å². The van der Waals surface area contributed by atoms with Crippen LogP contribution in [-0.2, 0) is 16.1 Å². The van der Waals surface area contributed by atoms with Crippen LogP contribution in [0.15, 0.2) is 42.5 Å². The van der Waals surface area contributed by atoms with Gasteiger partial charge in [-0.25, -0.2) is 0 Å². The van der Waals surface area contributed by atoms with Crippen LogP contribution in [0.4, 0.5) is 0 Å². The van der Waals surface area contributed by atoms with Crippen LogP contribution in [0, 0.1) is 0 Å². The fourth-order valence-electron chi connectivity index (χ4n) is 2.27. The second-order valence-electron chi connectivity index (χ2n) is 5.39. The summed E-state index contributed by atoms with van der Waals surface area (Å²) in [6.45, 7) is 5.26. The van der Waals surface area contributed by atoms with Gasteiger partial charge in [-0.1, -0.05) is 81.5 Å². The van der Waals surface area contributed by atoms with Gasteiger partial charge in [-0.15, -0.1) is 0 Å². The summed E-state index contributed by atoms with van der Waals surface area (Å²) in [5.41, 5.74) is 1.18. The quantitative estimate of drug-likeness (QED) is 0.288. The largest absolute Gasteiger partial charge is 0.351 e. The first kappa shape index (κ1) is 17.9. The van der Waals surface area contributed by atoms with Crippen LogP contribution >= 0.6 is 0 Å². The van der Waals surface area contributed by atoms with Crippen molar-refractivity contribution >= 4 is 0 Å². The van der Waals surface area contributed by atoms with Crippen molar-refractivity contribution in [2.45, 2.75) is 65.1 Å². The van der Waals surface area contributed by atoms with Crippen molar-refractivity contribution < 1.29 is 9.47 Å². The van der Waals surface area contributed by atoms with Gasteiger partial charge in [0.2, 0.25) is 0 Å². The minimum Gasteiger partial charge on any atom is -0.351 e. The second-order valence-corrected chi connectivity index (χ2v) is 5.39. The smallest absolute Gasteiger partial charge is 0.147 e.